The Morgan fingerprint density at radius 1 is 1.11 bits per heavy atom. The Kier molecular flexibility index (Phi) is 5.78. The van der Waals surface area contributed by atoms with E-state index in [4.69, 9.17) is 4.74 Å². The molecule has 0 aliphatic heterocycles. The van der Waals surface area contributed by atoms with E-state index in [-0.39, 0.29) is 11.5 Å². The summed E-state index contributed by atoms with van der Waals surface area (Å²) in [7, 11) is 0. The molecule has 0 saturated heterocycles. The van der Waals surface area contributed by atoms with Crippen LogP contribution in [0.4, 0.5) is 5.69 Å². The Labute approximate surface area is 163 Å². The van der Waals surface area contributed by atoms with E-state index >= 15 is 0 Å². The molecule has 0 radical (unpaired) electrons. The number of ketones is 1. The average molecular weight is 400 g/mol. The lowest BCUT2D eigenvalue weighted by Crippen LogP contribution is -2.30. The maximum absolute atomic E-state index is 12.2. The number of thiazole rings is 1. The molecular weight excluding hydrogens is 384 g/mol. The van der Waals surface area contributed by atoms with Gasteiger partial charge in [0.25, 0.3) is 5.91 Å². The summed E-state index contributed by atoms with van der Waals surface area (Å²) in [5, 5.41) is 6.93. The minimum absolute atomic E-state index is 0.0552. The first kappa shape index (κ1) is 18.9. The molecule has 0 aliphatic rings. The van der Waals surface area contributed by atoms with Crippen molar-refractivity contribution < 1.29 is 19.1 Å². The van der Waals surface area contributed by atoms with E-state index in [1.54, 1.807) is 29.6 Å². The van der Waals surface area contributed by atoms with E-state index in [0.717, 1.165) is 9.88 Å². The molecule has 6 nitrogen and oxygen atoms in total. The number of hydrogen-bond acceptors (Lipinski definition) is 7. The number of ether oxygens (including phenoxy) is 1. The fraction of sp³-hybridized carbons (Fsp3) is 0.158. The highest BCUT2D eigenvalue weighted by atomic mass is 32.1. The van der Waals surface area contributed by atoms with Crippen LogP contribution in [-0.2, 0) is 9.53 Å². The van der Waals surface area contributed by atoms with Crippen molar-refractivity contribution >= 4 is 46.0 Å². The summed E-state index contributed by atoms with van der Waals surface area (Å²) in [5.41, 5.74) is 1.24. The highest BCUT2D eigenvalue weighted by Gasteiger charge is 2.21. The summed E-state index contributed by atoms with van der Waals surface area (Å²) in [4.78, 5) is 40.9. The van der Waals surface area contributed by atoms with Crippen LogP contribution in [0, 0.1) is 0 Å². The van der Waals surface area contributed by atoms with Crippen molar-refractivity contribution in [3.8, 4) is 9.88 Å². The van der Waals surface area contributed by atoms with Crippen LogP contribution in [-0.4, -0.2) is 28.7 Å². The number of amides is 1. The number of benzene rings is 1. The molecule has 2 aromatic heterocycles. The van der Waals surface area contributed by atoms with Gasteiger partial charge in [-0.15, -0.1) is 22.7 Å². The van der Waals surface area contributed by atoms with Crippen LogP contribution in [0.25, 0.3) is 9.88 Å². The summed E-state index contributed by atoms with van der Waals surface area (Å²) >= 11 is 2.88. The van der Waals surface area contributed by atoms with Gasteiger partial charge in [-0.2, -0.15) is 0 Å². The third-order valence-electron chi connectivity index (χ3n) is 3.66. The van der Waals surface area contributed by atoms with E-state index in [1.165, 1.54) is 36.5 Å². The summed E-state index contributed by atoms with van der Waals surface area (Å²) in [6.07, 6.45) is -0.989. The van der Waals surface area contributed by atoms with Gasteiger partial charge in [-0.3, -0.25) is 9.59 Å². The predicted octanol–water partition coefficient (Wildman–Crippen LogP) is 4.26. The van der Waals surface area contributed by atoms with Crippen molar-refractivity contribution in [3.05, 3.63) is 58.4 Å². The normalized spacial score (nSPS) is 11.6. The van der Waals surface area contributed by atoms with Crippen molar-refractivity contribution in [1.29, 1.82) is 0 Å². The number of hydrogen-bond donors (Lipinski definition) is 1. The van der Waals surface area contributed by atoms with Gasteiger partial charge in [0, 0.05) is 16.6 Å². The maximum Gasteiger partial charge on any atom is 0.358 e. The number of esters is 1. The SMILES string of the molecule is CC(=O)c1ccc(NC(=O)[C@@H](C)OC(=O)c2csc(-c3cccs3)n2)cc1. The van der Waals surface area contributed by atoms with E-state index in [0.29, 0.717) is 11.3 Å². The highest BCUT2D eigenvalue weighted by molar-refractivity contribution is 7.20. The fourth-order valence-corrected chi connectivity index (χ4v) is 3.79. The largest absolute Gasteiger partial charge is 0.448 e. The Morgan fingerprint density at radius 2 is 1.85 bits per heavy atom. The minimum Gasteiger partial charge on any atom is -0.448 e. The smallest absolute Gasteiger partial charge is 0.358 e. The zero-order valence-corrected chi connectivity index (χ0v) is 16.2. The Bertz CT molecular complexity index is 962. The standard InChI is InChI=1S/C19H16N2O4S2/c1-11(22)13-5-7-14(8-6-13)20-17(23)12(2)25-19(24)15-10-27-18(21-15)16-4-3-9-26-16/h3-10,12H,1-2H3,(H,20,23)/t12-/m1/s1. The Balaban J connectivity index is 1.59. The maximum atomic E-state index is 12.2. The molecule has 1 amide bonds. The van der Waals surface area contributed by atoms with Gasteiger partial charge in [0.2, 0.25) is 0 Å². The van der Waals surface area contributed by atoms with Gasteiger partial charge < -0.3 is 10.1 Å². The molecule has 0 unspecified atom stereocenters. The van der Waals surface area contributed by atoms with Crippen LogP contribution < -0.4 is 5.32 Å². The van der Waals surface area contributed by atoms with Crippen molar-refractivity contribution in [2.75, 3.05) is 5.32 Å². The van der Waals surface area contributed by atoms with Crippen molar-refractivity contribution in [2.45, 2.75) is 20.0 Å². The Hall–Kier alpha value is -2.84. The van der Waals surface area contributed by atoms with Crippen LogP contribution in [0.2, 0.25) is 0 Å². The third-order valence-corrected chi connectivity index (χ3v) is 5.54. The van der Waals surface area contributed by atoms with Crippen LogP contribution in [0.15, 0.2) is 47.2 Å². The summed E-state index contributed by atoms with van der Waals surface area (Å²) in [6.45, 7) is 2.96. The number of Topliss-reactive ketones (excluding diaryl/α,β-unsaturated/α-hetero) is 1. The molecule has 1 aromatic carbocycles. The number of nitrogens with zero attached hydrogens (tertiary/aromatic N) is 1. The fourth-order valence-electron chi connectivity index (χ4n) is 2.19. The molecule has 138 valence electrons. The molecule has 8 heteroatoms. The summed E-state index contributed by atoms with van der Waals surface area (Å²) in [5.74, 6) is -1.17. The molecule has 3 rings (SSSR count). The van der Waals surface area contributed by atoms with E-state index in [1.807, 2.05) is 17.5 Å². The number of rotatable bonds is 6. The quantitative estimate of drug-likeness (QED) is 0.494. The van der Waals surface area contributed by atoms with Gasteiger partial charge in [-0.05, 0) is 49.6 Å². The topological polar surface area (TPSA) is 85.4 Å². The van der Waals surface area contributed by atoms with Crippen LogP contribution in [0.3, 0.4) is 0 Å². The van der Waals surface area contributed by atoms with Gasteiger partial charge in [-0.1, -0.05) is 6.07 Å². The second kappa shape index (κ2) is 8.24. The zero-order chi connectivity index (χ0) is 19.4. The van der Waals surface area contributed by atoms with Crippen molar-refractivity contribution in [3.63, 3.8) is 0 Å². The van der Waals surface area contributed by atoms with Gasteiger partial charge in [0.1, 0.15) is 5.01 Å². The number of carbonyl (C=O) groups is 3. The monoisotopic (exact) mass is 400 g/mol. The van der Waals surface area contributed by atoms with E-state index in [9.17, 15) is 14.4 Å². The van der Waals surface area contributed by atoms with Gasteiger partial charge in [-0.25, -0.2) is 9.78 Å². The molecule has 0 bridgehead atoms. The molecule has 27 heavy (non-hydrogen) atoms. The lowest BCUT2D eigenvalue weighted by Gasteiger charge is -2.13. The number of anilines is 1. The second-order valence-electron chi connectivity index (χ2n) is 5.69. The van der Waals surface area contributed by atoms with Crippen LogP contribution in [0.1, 0.15) is 34.7 Å². The first-order chi connectivity index (χ1) is 12.9. The average Bonchev–Trinajstić information content (AvgIpc) is 3.33. The van der Waals surface area contributed by atoms with Gasteiger partial charge in [0.05, 0.1) is 4.88 Å². The minimum atomic E-state index is -0.989. The van der Waals surface area contributed by atoms with Crippen molar-refractivity contribution in [2.24, 2.45) is 0 Å². The highest BCUT2D eigenvalue weighted by Crippen LogP contribution is 2.28. The molecule has 2 heterocycles. The number of thiophene rings is 1. The molecular formula is C19H16N2O4S2. The molecule has 1 N–H and O–H groups in total. The predicted molar refractivity (Wildman–Crippen MR) is 105 cm³/mol. The first-order valence-corrected chi connectivity index (χ1v) is 9.82. The summed E-state index contributed by atoms with van der Waals surface area (Å²) in [6, 6.07) is 10.3. The second-order valence-corrected chi connectivity index (χ2v) is 7.49. The number of carbonyl (C=O) groups excluding carboxylic acids is 3. The lowest BCUT2D eigenvalue weighted by atomic mass is 10.1. The zero-order valence-electron chi connectivity index (χ0n) is 14.6. The van der Waals surface area contributed by atoms with Crippen LogP contribution >= 0.6 is 22.7 Å². The van der Waals surface area contributed by atoms with Gasteiger partial charge in [0.15, 0.2) is 17.6 Å². The molecule has 0 saturated carbocycles. The van der Waals surface area contributed by atoms with E-state index < -0.39 is 18.0 Å². The first-order valence-electron chi connectivity index (χ1n) is 8.06. The lowest BCUT2D eigenvalue weighted by molar-refractivity contribution is -0.123. The van der Waals surface area contributed by atoms with Gasteiger partial charge >= 0.3 is 5.97 Å². The summed E-state index contributed by atoms with van der Waals surface area (Å²) < 4.78 is 5.21. The molecule has 3 aromatic rings. The Morgan fingerprint density at radius 3 is 2.48 bits per heavy atom. The molecule has 0 aliphatic carbocycles. The van der Waals surface area contributed by atoms with Crippen LogP contribution in [0.5, 0.6) is 0 Å². The molecule has 0 fully saturated rings. The number of aromatic nitrogens is 1. The molecule has 0 spiro atoms. The number of nitrogens with one attached hydrogen (secondary N) is 1. The molecule has 1 atom stereocenters. The van der Waals surface area contributed by atoms with Crippen molar-refractivity contribution in [1.82, 2.24) is 4.98 Å². The third kappa shape index (κ3) is 4.66. The van der Waals surface area contributed by atoms with E-state index in [2.05, 4.69) is 10.3 Å².